The Morgan fingerprint density at radius 2 is 1.62 bits per heavy atom. The maximum Gasteiger partial charge on any atom is 0.213 e. The summed E-state index contributed by atoms with van der Waals surface area (Å²) in [6.45, 7) is 0. The Kier molecular flexibility index (Phi) is 3.79. The summed E-state index contributed by atoms with van der Waals surface area (Å²) in [4.78, 5) is 0. The van der Waals surface area contributed by atoms with E-state index in [1.165, 1.54) is 5.56 Å². The molecule has 0 saturated heterocycles. The molecule has 0 unspecified atom stereocenters. The van der Waals surface area contributed by atoms with Crippen molar-refractivity contribution in [3.63, 3.8) is 0 Å². The molecule has 4 heteroatoms. The number of rotatable bonds is 2. The van der Waals surface area contributed by atoms with Crippen LogP contribution in [0.2, 0.25) is 0 Å². The van der Waals surface area contributed by atoms with E-state index < -0.39 is 0 Å². The number of benzene rings is 3. The highest BCUT2D eigenvalue weighted by atomic mass is 79.9. The van der Waals surface area contributed by atoms with Crippen molar-refractivity contribution < 1.29 is 4.74 Å². The fraction of sp³-hybridized carbons (Fsp3) is 0.136. The van der Waals surface area contributed by atoms with Crippen LogP contribution in [-0.4, -0.2) is 10.7 Å². The summed E-state index contributed by atoms with van der Waals surface area (Å²) in [6.07, 6.45) is 0.676. The van der Waals surface area contributed by atoms with Crippen LogP contribution in [0.5, 0.6) is 5.75 Å². The Bertz CT molecular complexity index is 969. The molecule has 0 N–H and O–H groups in total. The van der Waals surface area contributed by atoms with E-state index in [0.29, 0.717) is 0 Å². The predicted octanol–water partition coefficient (Wildman–Crippen LogP) is 5.69. The maximum absolute atomic E-state index is 6.35. The third kappa shape index (κ3) is 2.61. The Morgan fingerprint density at radius 3 is 2.42 bits per heavy atom. The van der Waals surface area contributed by atoms with Gasteiger partial charge in [-0.2, -0.15) is 5.10 Å². The van der Waals surface area contributed by atoms with Gasteiger partial charge >= 0.3 is 0 Å². The van der Waals surface area contributed by atoms with E-state index in [1.54, 1.807) is 0 Å². The maximum atomic E-state index is 6.35. The number of hydrogen-bond donors (Lipinski definition) is 0. The molecule has 5 rings (SSSR count). The van der Waals surface area contributed by atoms with Crippen LogP contribution in [0.3, 0.4) is 0 Å². The van der Waals surface area contributed by atoms with E-state index in [1.807, 2.05) is 24.3 Å². The van der Waals surface area contributed by atoms with Crippen molar-refractivity contribution in [3.05, 3.63) is 100 Å². The van der Waals surface area contributed by atoms with Gasteiger partial charge in [-0.05, 0) is 23.8 Å². The molecule has 0 saturated carbocycles. The summed E-state index contributed by atoms with van der Waals surface area (Å²) in [7, 11) is 0. The van der Waals surface area contributed by atoms with Crippen molar-refractivity contribution in [2.24, 2.45) is 5.10 Å². The number of ether oxygens (including phenoxy) is 1. The number of halogens is 1. The molecule has 0 radical (unpaired) electrons. The molecule has 0 bridgehead atoms. The molecular weight excluding hydrogens is 388 g/mol. The van der Waals surface area contributed by atoms with Gasteiger partial charge in [0.1, 0.15) is 5.75 Å². The quantitative estimate of drug-likeness (QED) is 0.547. The van der Waals surface area contributed by atoms with E-state index in [4.69, 9.17) is 9.84 Å². The first-order valence-electron chi connectivity index (χ1n) is 8.72. The third-order valence-corrected chi connectivity index (χ3v) is 5.49. The Balaban J connectivity index is 1.59. The van der Waals surface area contributed by atoms with E-state index in [-0.39, 0.29) is 12.3 Å². The summed E-state index contributed by atoms with van der Waals surface area (Å²) in [5.74, 6) is 0.954. The van der Waals surface area contributed by atoms with Crippen LogP contribution in [-0.2, 0) is 0 Å². The van der Waals surface area contributed by atoms with Crippen LogP contribution in [0.25, 0.3) is 0 Å². The molecule has 3 aromatic carbocycles. The second-order valence-electron chi connectivity index (χ2n) is 6.57. The highest BCUT2D eigenvalue weighted by Gasteiger charge is 2.40. The zero-order valence-corrected chi connectivity index (χ0v) is 15.6. The van der Waals surface area contributed by atoms with Crippen LogP contribution in [0.1, 0.15) is 35.4 Å². The molecule has 0 fully saturated rings. The SMILES string of the molecule is Brc1ccc(C2=NN3[C@@H](C2)c2ccccc2O[C@H]3c2ccccc2)cc1. The minimum absolute atomic E-state index is 0.198. The first-order valence-corrected chi connectivity index (χ1v) is 9.51. The lowest BCUT2D eigenvalue weighted by molar-refractivity contribution is -0.0190. The summed E-state index contributed by atoms with van der Waals surface area (Å²) in [5, 5.41) is 7.10. The van der Waals surface area contributed by atoms with Crippen molar-refractivity contribution in [2.45, 2.75) is 18.7 Å². The van der Waals surface area contributed by atoms with Crippen LogP contribution in [0.15, 0.2) is 88.4 Å². The first kappa shape index (κ1) is 15.6. The van der Waals surface area contributed by atoms with Crippen LogP contribution in [0, 0.1) is 0 Å². The van der Waals surface area contributed by atoms with Gasteiger partial charge in [0.05, 0.1) is 11.8 Å². The second kappa shape index (κ2) is 6.29. The topological polar surface area (TPSA) is 24.8 Å². The van der Waals surface area contributed by atoms with Gasteiger partial charge in [0.2, 0.25) is 6.23 Å². The van der Waals surface area contributed by atoms with Gasteiger partial charge in [-0.25, -0.2) is 5.01 Å². The van der Waals surface area contributed by atoms with Crippen LogP contribution >= 0.6 is 15.9 Å². The Hall–Kier alpha value is -2.59. The van der Waals surface area contributed by atoms with E-state index >= 15 is 0 Å². The fourth-order valence-electron chi connectivity index (χ4n) is 3.69. The first-order chi connectivity index (χ1) is 12.8. The lowest BCUT2D eigenvalue weighted by atomic mass is 9.96. The lowest BCUT2D eigenvalue weighted by Gasteiger charge is -2.38. The summed E-state index contributed by atoms with van der Waals surface area (Å²) >= 11 is 3.51. The number of fused-ring (bicyclic) bond motifs is 3. The highest BCUT2D eigenvalue weighted by Crippen LogP contribution is 2.47. The third-order valence-electron chi connectivity index (χ3n) is 4.96. The summed E-state index contributed by atoms with van der Waals surface area (Å²) in [6, 6.07) is 27.2. The van der Waals surface area contributed by atoms with Crippen molar-refractivity contribution in [1.82, 2.24) is 5.01 Å². The van der Waals surface area contributed by atoms with E-state index in [2.05, 4.69) is 75.5 Å². The van der Waals surface area contributed by atoms with Gasteiger partial charge in [-0.1, -0.05) is 76.6 Å². The molecule has 2 aliphatic heterocycles. The minimum atomic E-state index is -0.205. The van der Waals surface area contributed by atoms with Crippen molar-refractivity contribution in [3.8, 4) is 5.75 Å². The fourth-order valence-corrected chi connectivity index (χ4v) is 3.95. The predicted molar refractivity (Wildman–Crippen MR) is 106 cm³/mol. The van der Waals surface area contributed by atoms with Crippen LogP contribution in [0.4, 0.5) is 0 Å². The summed E-state index contributed by atoms with van der Waals surface area (Å²) in [5.41, 5.74) is 4.58. The Labute approximate surface area is 161 Å². The van der Waals surface area contributed by atoms with Crippen LogP contribution < -0.4 is 4.74 Å². The second-order valence-corrected chi connectivity index (χ2v) is 7.49. The molecular formula is C22H17BrN2O. The zero-order chi connectivity index (χ0) is 17.5. The average Bonchev–Trinajstić information content (AvgIpc) is 3.14. The molecule has 26 heavy (non-hydrogen) atoms. The highest BCUT2D eigenvalue weighted by molar-refractivity contribution is 9.10. The lowest BCUT2D eigenvalue weighted by Crippen LogP contribution is -2.33. The molecule has 3 nitrogen and oxygen atoms in total. The molecule has 0 aliphatic carbocycles. The monoisotopic (exact) mass is 404 g/mol. The molecule has 3 aromatic rings. The molecule has 2 heterocycles. The number of hydrazone groups is 1. The van der Waals surface area contributed by atoms with Gasteiger partial charge in [0.15, 0.2) is 0 Å². The zero-order valence-electron chi connectivity index (χ0n) is 14.0. The van der Waals surface area contributed by atoms with Gasteiger partial charge in [0, 0.05) is 22.0 Å². The standard InChI is InChI=1S/C22H17BrN2O/c23-17-12-10-15(11-13-17)19-14-20-18-8-4-5-9-21(18)26-22(25(20)24-19)16-6-2-1-3-7-16/h1-13,20,22H,14H2/t20-,22-/m0/s1. The normalized spacial score (nSPS) is 20.8. The largest absolute Gasteiger partial charge is 0.464 e. The van der Waals surface area contributed by atoms with E-state index in [0.717, 1.165) is 33.5 Å². The molecule has 2 atom stereocenters. The number of nitrogens with zero attached hydrogens (tertiary/aromatic N) is 2. The molecule has 0 amide bonds. The average molecular weight is 405 g/mol. The molecule has 2 aliphatic rings. The molecule has 0 aromatic heterocycles. The van der Waals surface area contributed by atoms with Crippen molar-refractivity contribution in [1.29, 1.82) is 0 Å². The van der Waals surface area contributed by atoms with Crippen molar-refractivity contribution >= 4 is 21.6 Å². The van der Waals surface area contributed by atoms with Gasteiger partial charge in [0.25, 0.3) is 0 Å². The van der Waals surface area contributed by atoms with Gasteiger partial charge in [-0.15, -0.1) is 0 Å². The van der Waals surface area contributed by atoms with Crippen molar-refractivity contribution in [2.75, 3.05) is 0 Å². The number of para-hydroxylation sites is 1. The molecule has 0 spiro atoms. The Morgan fingerprint density at radius 1 is 0.885 bits per heavy atom. The van der Waals surface area contributed by atoms with Gasteiger partial charge in [-0.3, -0.25) is 0 Å². The smallest absolute Gasteiger partial charge is 0.213 e. The number of hydrogen-bond acceptors (Lipinski definition) is 3. The summed E-state index contributed by atoms with van der Waals surface area (Å²) < 4.78 is 7.42. The van der Waals surface area contributed by atoms with E-state index in [9.17, 15) is 0 Å². The van der Waals surface area contributed by atoms with Gasteiger partial charge < -0.3 is 4.74 Å². The molecule has 128 valence electrons. The minimum Gasteiger partial charge on any atom is -0.464 e.